The van der Waals surface area contributed by atoms with E-state index in [1.807, 2.05) is 27.5 Å². The van der Waals surface area contributed by atoms with Crippen molar-refractivity contribution in [2.75, 3.05) is 13.1 Å². The van der Waals surface area contributed by atoms with E-state index in [-0.39, 0.29) is 4.05 Å². The molecule has 0 saturated carbocycles. The first-order valence-electron chi connectivity index (χ1n) is 2.83. The molecule has 3 nitrogen and oxygen atoms in total. The van der Waals surface area contributed by atoms with Crippen molar-refractivity contribution in [3.8, 4) is 0 Å². The van der Waals surface area contributed by atoms with Crippen molar-refractivity contribution in [2.45, 2.75) is 10.5 Å². The van der Waals surface area contributed by atoms with Gasteiger partial charge in [0.2, 0.25) is 0 Å². The molecular formula is C5H8INO2. The second kappa shape index (κ2) is 2.83. The third-order valence-electron chi connectivity index (χ3n) is 1.42. The van der Waals surface area contributed by atoms with E-state index < -0.39 is 5.97 Å². The summed E-state index contributed by atoms with van der Waals surface area (Å²) in [5.74, 6) is -0.727. The largest absolute Gasteiger partial charge is 0.479 e. The van der Waals surface area contributed by atoms with Gasteiger partial charge in [-0.2, -0.15) is 0 Å². The average Bonchev–Trinajstić information content (AvgIpc) is 1.60. The molecule has 1 aliphatic heterocycles. The summed E-state index contributed by atoms with van der Waals surface area (Å²) in [5, 5.41) is 8.47. The lowest BCUT2D eigenvalue weighted by Gasteiger charge is -2.32. The molecule has 0 radical (unpaired) electrons. The van der Waals surface area contributed by atoms with Crippen LogP contribution >= 0.6 is 22.6 Å². The number of carbonyl (C=O) groups is 1. The molecule has 0 aromatic carbocycles. The fourth-order valence-electron chi connectivity index (χ4n) is 0.724. The molecule has 1 saturated heterocycles. The topological polar surface area (TPSA) is 40.5 Å². The molecule has 0 amide bonds. The van der Waals surface area contributed by atoms with Crippen molar-refractivity contribution in [1.29, 1.82) is 0 Å². The Bertz CT molecular complexity index is 124. The molecule has 1 rings (SSSR count). The zero-order valence-electron chi connectivity index (χ0n) is 4.88. The summed E-state index contributed by atoms with van der Waals surface area (Å²) in [6.45, 7) is 1.89. The number of likely N-dealkylation sites (tertiary alicyclic amines) is 1. The number of alkyl halides is 1. The summed E-state index contributed by atoms with van der Waals surface area (Å²) in [6, 6.07) is 0. The van der Waals surface area contributed by atoms with Crippen molar-refractivity contribution >= 4 is 28.6 Å². The minimum absolute atomic E-state index is 0.309. The first kappa shape index (κ1) is 7.27. The Morgan fingerprint density at radius 2 is 2.22 bits per heavy atom. The molecular weight excluding hydrogens is 233 g/mol. The summed E-state index contributed by atoms with van der Waals surface area (Å²) in [6.07, 6.45) is 1.15. The zero-order chi connectivity index (χ0) is 6.85. The van der Waals surface area contributed by atoms with Gasteiger partial charge in [0.05, 0.1) is 0 Å². The Morgan fingerprint density at radius 3 is 2.33 bits per heavy atom. The number of aliphatic carboxylic acids is 1. The van der Waals surface area contributed by atoms with Crippen LogP contribution in [0.2, 0.25) is 0 Å². The molecule has 0 bridgehead atoms. The van der Waals surface area contributed by atoms with Crippen molar-refractivity contribution in [1.82, 2.24) is 4.90 Å². The molecule has 0 aliphatic carbocycles. The lowest BCUT2D eigenvalue weighted by Crippen LogP contribution is -2.45. The Morgan fingerprint density at radius 1 is 1.67 bits per heavy atom. The van der Waals surface area contributed by atoms with Gasteiger partial charge in [-0.25, -0.2) is 4.79 Å². The predicted octanol–water partition coefficient (Wildman–Crippen LogP) is 0.538. The van der Waals surface area contributed by atoms with Crippen molar-refractivity contribution in [3.05, 3.63) is 0 Å². The number of halogens is 1. The molecule has 0 aromatic rings. The molecule has 0 spiro atoms. The highest BCUT2D eigenvalue weighted by molar-refractivity contribution is 14.1. The monoisotopic (exact) mass is 241 g/mol. The minimum Gasteiger partial charge on any atom is -0.479 e. The number of carboxylic acid groups (broad SMARTS) is 1. The van der Waals surface area contributed by atoms with E-state index in [4.69, 9.17) is 5.11 Å². The number of hydrogen-bond donors (Lipinski definition) is 1. The molecule has 1 aliphatic rings. The molecule has 52 valence electrons. The highest BCUT2D eigenvalue weighted by atomic mass is 127. The SMILES string of the molecule is O=C(O)C(I)N1CCC1. The van der Waals surface area contributed by atoms with Crippen LogP contribution in [0.25, 0.3) is 0 Å². The third-order valence-corrected chi connectivity index (χ3v) is 2.74. The van der Waals surface area contributed by atoms with Crippen molar-refractivity contribution < 1.29 is 9.90 Å². The van der Waals surface area contributed by atoms with Gasteiger partial charge in [0.1, 0.15) is 0 Å². The molecule has 1 heterocycles. The Balaban J connectivity index is 2.32. The average molecular weight is 241 g/mol. The summed E-state index contributed by atoms with van der Waals surface area (Å²) in [5.41, 5.74) is 0. The lowest BCUT2D eigenvalue weighted by molar-refractivity contribution is -0.140. The first-order chi connectivity index (χ1) is 4.22. The second-order valence-electron chi connectivity index (χ2n) is 2.06. The van der Waals surface area contributed by atoms with E-state index in [0.717, 1.165) is 19.5 Å². The maximum Gasteiger partial charge on any atom is 0.331 e. The summed E-state index contributed by atoms with van der Waals surface area (Å²) >= 11 is 1.94. The van der Waals surface area contributed by atoms with Crippen molar-refractivity contribution in [3.63, 3.8) is 0 Å². The van der Waals surface area contributed by atoms with Crippen LogP contribution < -0.4 is 0 Å². The fraction of sp³-hybridized carbons (Fsp3) is 0.800. The van der Waals surface area contributed by atoms with Crippen LogP contribution in [-0.4, -0.2) is 33.1 Å². The van der Waals surface area contributed by atoms with E-state index in [0.29, 0.717) is 0 Å². The molecule has 1 atom stereocenters. The third kappa shape index (κ3) is 1.54. The quantitative estimate of drug-likeness (QED) is 0.435. The van der Waals surface area contributed by atoms with Crippen molar-refractivity contribution in [2.24, 2.45) is 0 Å². The van der Waals surface area contributed by atoms with Gasteiger partial charge in [0.15, 0.2) is 4.05 Å². The van der Waals surface area contributed by atoms with E-state index in [1.54, 1.807) is 0 Å². The van der Waals surface area contributed by atoms with Crippen LogP contribution in [0.1, 0.15) is 6.42 Å². The fourth-order valence-corrected chi connectivity index (χ4v) is 1.28. The molecule has 1 fully saturated rings. The number of nitrogens with zero attached hydrogens (tertiary/aromatic N) is 1. The van der Waals surface area contributed by atoms with Gasteiger partial charge in [-0.1, -0.05) is 22.6 Å². The molecule has 1 unspecified atom stereocenters. The predicted molar refractivity (Wildman–Crippen MR) is 41.6 cm³/mol. The minimum atomic E-state index is -0.727. The first-order valence-corrected chi connectivity index (χ1v) is 4.07. The van der Waals surface area contributed by atoms with E-state index >= 15 is 0 Å². The molecule has 1 N–H and O–H groups in total. The van der Waals surface area contributed by atoms with Crippen LogP contribution in [-0.2, 0) is 4.79 Å². The molecule has 0 aromatic heterocycles. The number of carboxylic acids is 1. The molecule has 9 heavy (non-hydrogen) atoms. The maximum absolute atomic E-state index is 10.3. The van der Waals surface area contributed by atoms with Gasteiger partial charge in [0, 0.05) is 13.1 Å². The smallest absolute Gasteiger partial charge is 0.331 e. The second-order valence-corrected chi connectivity index (χ2v) is 3.24. The lowest BCUT2D eigenvalue weighted by atomic mass is 10.2. The van der Waals surface area contributed by atoms with Gasteiger partial charge >= 0.3 is 5.97 Å². The van der Waals surface area contributed by atoms with Gasteiger partial charge in [-0.15, -0.1) is 0 Å². The van der Waals surface area contributed by atoms with Crippen LogP contribution in [0.4, 0.5) is 0 Å². The standard InChI is InChI=1S/C5H8INO2/c6-4(5(8)9)7-2-1-3-7/h4H,1-3H2,(H,8,9). The summed E-state index contributed by atoms with van der Waals surface area (Å²) in [7, 11) is 0. The maximum atomic E-state index is 10.3. The normalized spacial score (nSPS) is 22.8. The Kier molecular flexibility index (Phi) is 2.29. The molecule has 4 heteroatoms. The van der Waals surface area contributed by atoms with Gasteiger partial charge in [-0.05, 0) is 6.42 Å². The number of hydrogen-bond acceptors (Lipinski definition) is 2. The highest BCUT2D eigenvalue weighted by Crippen LogP contribution is 2.15. The van der Waals surface area contributed by atoms with Gasteiger partial charge in [-0.3, -0.25) is 4.90 Å². The summed E-state index contributed by atoms with van der Waals surface area (Å²) in [4.78, 5) is 12.2. The number of rotatable bonds is 2. The Hall–Kier alpha value is 0.160. The highest BCUT2D eigenvalue weighted by Gasteiger charge is 2.26. The van der Waals surface area contributed by atoms with E-state index in [2.05, 4.69) is 0 Å². The van der Waals surface area contributed by atoms with Gasteiger partial charge in [0.25, 0.3) is 0 Å². The Labute approximate surface area is 67.2 Å². The summed E-state index contributed by atoms with van der Waals surface area (Å²) < 4.78 is -0.309. The zero-order valence-corrected chi connectivity index (χ0v) is 7.04. The van der Waals surface area contributed by atoms with E-state index in [9.17, 15) is 4.79 Å². The van der Waals surface area contributed by atoms with Crippen LogP contribution in [0, 0.1) is 0 Å². The van der Waals surface area contributed by atoms with Crippen LogP contribution in [0.5, 0.6) is 0 Å². The van der Waals surface area contributed by atoms with Gasteiger partial charge < -0.3 is 5.11 Å². The van der Waals surface area contributed by atoms with Crippen LogP contribution in [0.15, 0.2) is 0 Å². The van der Waals surface area contributed by atoms with Crippen LogP contribution in [0.3, 0.4) is 0 Å². The van der Waals surface area contributed by atoms with E-state index in [1.165, 1.54) is 0 Å².